The largest absolute Gasteiger partial charge is 0.469 e. The Morgan fingerprint density at radius 2 is 1.68 bits per heavy atom. The van der Waals surface area contributed by atoms with Gasteiger partial charge in [-0.25, -0.2) is 13.2 Å². The Kier molecular flexibility index (Phi) is 5.83. The molecule has 7 heteroatoms. The van der Waals surface area contributed by atoms with E-state index < -0.39 is 34.9 Å². The molecule has 19 heavy (non-hydrogen) atoms. The van der Waals surface area contributed by atoms with Crippen LogP contribution in [0.25, 0.3) is 0 Å². The van der Waals surface area contributed by atoms with Crippen LogP contribution in [0.15, 0.2) is 12.1 Å². The molecule has 0 unspecified atom stereocenters. The van der Waals surface area contributed by atoms with E-state index in [-0.39, 0.29) is 18.0 Å². The third kappa shape index (κ3) is 3.39. The van der Waals surface area contributed by atoms with Crippen molar-refractivity contribution >= 4 is 18.4 Å². The number of esters is 1. The average molecular weight is 298 g/mol. The van der Waals surface area contributed by atoms with Crippen molar-refractivity contribution in [2.45, 2.75) is 19.9 Å². The predicted octanol–water partition coefficient (Wildman–Crippen LogP) is 2.72. The Balaban J connectivity index is 0.00000324. The fraction of sp³-hybridized carbons (Fsp3) is 0.417. The Morgan fingerprint density at radius 3 is 2.05 bits per heavy atom. The lowest BCUT2D eigenvalue weighted by Gasteiger charge is -2.29. The Morgan fingerprint density at radius 1 is 1.26 bits per heavy atom. The summed E-state index contributed by atoms with van der Waals surface area (Å²) in [5.41, 5.74) is 4.58. The number of nitrogens with two attached hydrogens (primary N) is 1. The van der Waals surface area contributed by atoms with Gasteiger partial charge in [-0.15, -0.1) is 12.4 Å². The van der Waals surface area contributed by atoms with Crippen LogP contribution in [0.5, 0.6) is 0 Å². The molecule has 1 aromatic carbocycles. The SMILES string of the molecule is COC(=O)C(C)(C)[C@@H](N)c1cc(F)c(F)c(F)c1.Cl. The zero-order valence-electron chi connectivity index (χ0n) is 10.7. The van der Waals surface area contributed by atoms with Gasteiger partial charge in [-0.3, -0.25) is 4.79 Å². The summed E-state index contributed by atoms with van der Waals surface area (Å²) in [6, 6.07) is 0.524. The van der Waals surface area contributed by atoms with E-state index in [2.05, 4.69) is 4.74 Å². The molecule has 0 saturated carbocycles. The van der Waals surface area contributed by atoms with E-state index in [0.29, 0.717) is 0 Å². The highest BCUT2D eigenvalue weighted by atomic mass is 35.5. The van der Waals surface area contributed by atoms with Crippen molar-refractivity contribution in [1.82, 2.24) is 0 Å². The van der Waals surface area contributed by atoms with Crippen LogP contribution in [0.2, 0.25) is 0 Å². The summed E-state index contributed by atoms with van der Waals surface area (Å²) in [4.78, 5) is 11.5. The maximum atomic E-state index is 13.1. The Bertz CT molecular complexity index is 457. The van der Waals surface area contributed by atoms with E-state index in [0.717, 1.165) is 12.1 Å². The van der Waals surface area contributed by atoms with Gasteiger partial charge < -0.3 is 10.5 Å². The van der Waals surface area contributed by atoms with Crippen molar-refractivity contribution < 1.29 is 22.7 Å². The van der Waals surface area contributed by atoms with E-state index in [1.807, 2.05) is 0 Å². The molecule has 3 nitrogen and oxygen atoms in total. The molecule has 0 bridgehead atoms. The van der Waals surface area contributed by atoms with Gasteiger partial charge in [-0.05, 0) is 31.5 Å². The molecule has 0 aliphatic carbocycles. The van der Waals surface area contributed by atoms with Crippen LogP contribution in [-0.4, -0.2) is 13.1 Å². The molecule has 0 spiro atoms. The van der Waals surface area contributed by atoms with Gasteiger partial charge in [-0.1, -0.05) is 0 Å². The quantitative estimate of drug-likeness (QED) is 0.689. The molecule has 1 rings (SSSR count). The van der Waals surface area contributed by atoms with Crippen LogP contribution in [0.4, 0.5) is 13.2 Å². The smallest absolute Gasteiger partial charge is 0.313 e. The number of carbonyl (C=O) groups excluding carboxylic acids is 1. The van der Waals surface area contributed by atoms with Crippen LogP contribution >= 0.6 is 12.4 Å². The summed E-state index contributed by atoms with van der Waals surface area (Å²) < 4.78 is 43.5. The lowest BCUT2D eigenvalue weighted by Crippen LogP contribution is -2.37. The van der Waals surface area contributed by atoms with Crippen LogP contribution in [0.3, 0.4) is 0 Å². The molecule has 0 fully saturated rings. The molecule has 2 N–H and O–H groups in total. The number of ether oxygens (including phenoxy) is 1. The highest BCUT2D eigenvalue weighted by Crippen LogP contribution is 2.33. The fourth-order valence-electron chi connectivity index (χ4n) is 1.56. The second-order valence-electron chi connectivity index (χ2n) is 4.49. The maximum Gasteiger partial charge on any atom is 0.313 e. The zero-order chi connectivity index (χ0) is 14.1. The van der Waals surface area contributed by atoms with E-state index in [1.165, 1.54) is 21.0 Å². The number of hydrogen-bond donors (Lipinski definition) is 1. The number of halogens is 4. The number of rotatable bonds is 3. The monoisotopic (exact) mass is 297 g/mol. The topological polar surface area (TPSA) is 52.3 Å². The molecule has 0 saturated heterocycles. The van der Waals surface area contributed by atoms with Crippen LogP contribution < -0.4 is 5.73 Å². The second kappa shape index (κ2) is 6.25. The third-order valence-electron chi connectivity index (χ3n) is 2.85. The standard InChI is InChI=1S/C12H14F3NO2.ClH/c1-12(2,11(17)18-3)10(16)6-4-7(13)9(15)8(14)5-6;/h4-5,10H,16H2,1-3H3;1H/t10-;/m0./s1. The average Bonchev–Trinajstić information content (AvgIpc) is 2.33. The molecule has 0 aromatic heterocycles. The van der Waals surface area contributed by atoms with Crippen LogP contribution in [0, 0.1) is 22.9 Å². The van der Waals surface area contributed by atoms with Crippen molar-refractivity contribution in [3.8, 4) is 0 Å². The van der Waals surface area contributed by atoms with Crippen molar-refractivity contribution in [3.63, 3.8) is 0 Å². The first-order chi connectivity index (χ1) is 8.21. The summed E-state index contributed by atoms with van der Waals surface area (Å²) in [6.45, 7) is 2.95. The first-order valence-electron chi connectivity index (χ1n) is 5.20. The van der Waals surface area contributed by atoms with Gasteiger partial charge in [0.1, 0.15) is 0 Å². The number of hydrogen-bond acceptors (Lipinski definition) is 3. The highest BCUT2D eigenvalue weighted by Gasteiger charge is 2.37. The normalized spacial score (nSPS) is 12.6. The zero-order valence-corrected chi connectivity index (χ0v) is 11.5. The number of methoxy groups -OCH3 is 1. The highest BCUT2D eigenvalue weighted by molar-refractivity contribution is 5.85. The maximum absolute atomic E-state index is 13.1. The Hall–Kier alpha value is -1.27. The summed E-state index contributed by atoms with van der Waals surface area (Å²) in [5, 5.41) is 0. The summed E-state index contributed by atoms with van der Waals surface area (Å²) >= 11 is 0. The number of benzene rings is 1. The molecule has 0 aliphatic rings. The first kappa shape index (κ1) is 17.7. The molecule has 0 radical (unpaired) electrons. The van der Waals surface area contributed by atoms with Gasteiger partial charge in [0.25, 0.3) is 0 Å². The first-order valence-corrected chi connectivity index (χ1v) is 5.20. The third-order valence-corrected chi connectivity index (χ3v) is 2.85. The molecule has 0 aliphatic heterocycles. The van der Waals surface area contributed by atoms with Gasteiger partial charge in [0, 0.05) is 6.04 Å². The van der Waals surface area contributed by atoms with Gasteiger partial charge in [0.15, 0.2) is 17.5 Å². The molecule has 0 amide bonds. The van der Waals surface area contributed by atoms with Gasteiger partial charge in [0.05, 0.1) is 12.5 Å². The minimum atomic E-state index is -1.57. The molecule has 108 valence electrons. The lowest BCUT2D eigenvalue weighted by molar-refractivity contribution is -0.152. The van der Waals surface area contributed by atoms with Crippen molar-refractivity contribution in [3.05, 3.63) is 35.1 Å². The minimum absolute atomic E-state index is 0. The van der Waals surface area contributed by atoms with E-state index in [9.17, 15) is 18.0 Å². The minimum Gasteiger partial charge on any atom is -0.469 e. The molecule has 1 atom stereocenters. The van der Waals surface area contributed by atoms with Crippen LogP contribution in [0.1, 0.15) is 25.5 Å². The molecular weight excluding hydrogens is 283 g/mol. The van der Waals surface area contributed by atoms with E-state index in [4.69, 9.17) is 5.73 Å². The predicted molar refractivity (Wildman–Crippen MR) is 66.3 cm³/mol. The van der Waals surface area contributed by atoms with E-state index in [1.54, 1.807) is 0 Å². The van der Waals surface area contributed by atoms with Gasteiger partial charge >= 0.3 is 5.97 Å². The second-order valence-corrected chi connectivity index (χ2v) is 4.49. The van der Waals surface area contributed by atoms with Crippen molar-refractivity contribution in [2.75, 3.05) is 7.11 Å². The number of carbonyl (C=O) groups is 1. The van der Waals surface area contributed by atoms with Gasteiger partial charge in [-0.2, -0.15) is 0 Å². The van der Waals surface area contributed by atoms with Gasteiger partial charge in [0.2, 0.25) is 0 Å². The Labute approximate surface area is 115 Å². The summed E-state index contributed by atoms with van der Waals surface area (Å²) in [7, 11) is 1.18. The fourth-order valence-corrected chi connectivity index (χ4v) is 1.56. The summed E-state index contributed by atoms with van der Waals surface area (Å²) in [5.74, 6) is -4.89. The molecule has 1 aromatic rings. The lowest BCUT2D eigenvalue weighted by atomic mass is 9.81. The van der Waals surface area contributed by atoms with Crippen molar-refractivity contribution in [2.24, 2.45) is 11.1 Å². The summed E-state index contributed by atoms with van der Waals surface area (Å²) in [6.07, 6.45) is 0. The molecular formula is C12H15ClF3NO2. The molecule has 0 heterocycles. The van der Waals surface area contributed by atoms with E-state index >= 15 is 0 Å². The van der Waals surface area contributed by atoms with Crippen LogP contribution in [-0.2, 0) is 9.53 Å². The van der Waals surface area contributed by atoms with Crippen molar-refractivity contribution in [1.29, 1.82) is 0 Å².